The van der Waals surface area contributed by atoms with Gasteiger partial charge in [-0.2, -0.15) is 0 Å². The number of para-hydroxylation sites is 2. The molecule has 0 atom stereocenters. The summed E-state index contributed by atoms with van der Waals surface area (Å²) in [5.41, 5.74) is 2.12. The van der Waals surface area contributed by atoms with Gasteiger partial charge in [0.25, 0.3) is 0 Å². The first-order valence-electron chi connectivity index (χ1n) is 6.53. The van der Waals surface area contributed by atoms with Crippen molar-refractivity contribution < 1.29 is 0 Å². The van der Waals surface area contributed by atoms with E-state index in [9.17, 15) is 0 Å². The summed E-state index contributed by atoms with van der Waals surface area (Å²) in [5, 5.41) is 2.40. The van der Waals surface area contributed by atoms with Crippen LogP contribution in [0.4, 0.5) is 0 Å². The molecular formula is C18H14N2. The Hall–Kier alpha value is -2.74. The molecule has 0 saturated carbocycles. The molecule has 0 N–H and O–H groups in total. The highest BCUT2D eigenvalue weighted by Gasteiger charge is 1.87. The van der Waals surface area contributed by atoms with Crippen molar-refractivity contribution in [3.05, 3.63) is 85.2 Å². The molecule has 0 amide bonds. The van der Waals surface area contributed by atoms with E-state index in [1.165, 1.54) is 10.8 Å². The summed E-state index contributed by atoms with van der Waals surface area (Å²) in [5.74, 6) is 0. The van der Waals surface area contributed by atoms with Crippen LogP contribution < -0.4 is 0 Å². The van der Waals surface area contributed by atoms with E-state index in [2.05, 4.69) is 34.2 Å². The van der Waals surface area contributed by atoms with Crippen LogP contribution in [0.5, 0.6) is 0 Å². The lowest BCUT2D eigenvalue weighted by molar-refractivity contribution is 1.41. The molecule has 0 aliphatic rings. The second-order valence-corrected chi connectivity index (χ2v) is 4.39. The largest absolute Gasteiger partial charge is 0.256 e. The molecule has 4 aromatic rings. The molecular weight excluding hydrogens is 244 g/mol. The Morgan fingerprint density at radius 3 is 1.30 bits per heavy atom. The molecule has 0 bridgehead atoms. The number of hydrogen-bond acceptors (Lipinski definition) is 2. The summed E-state index contributed by atoms with van der Waals surface area (Å²) in [4.78, 5) is 8.36. The normalized spacial score (nSPS) is 10.0. The quantitative estimate of drug-likeness (QED) is 0.465. The second-order valence-electron chi connectivity index (χ2n) is 4.39. The molecule has 0 unspecified atom stereocenters. The Morgan fingerprint density at radius 1 is 0.450 bits per heavy atom. The molecule has 96 valence electrons. The molecule has 2 aromatic carbocycles. The van der Waals surface area contributed by atoms with Crippen LogP contribution >= 0.6 is 0 Å². The van der Waals surface area contributed by atoms with Gasteiger partial charge in [0.05, 0.1) is 11.0 Å². The number of rotatable bonds is 0. The molecule has 20 heavy (non-hydrogen) atoms. The molecule has 0 aliphatic carbocycles. The Bertz CT molecular complexity index is 623. The lowest BCUT2D eigenvalue weighted by atomic mass is 10.2. The molecule has 0 aliphatic heterocycles. The lowest BCUT2D eigenvalue weighted by Gasteiger charge is -1.91. The first-order chi connectivity index (χ1) is 9.93. The number of hydrogen-bond donors (Lipinski definition) is 0. The van der Waals surface area contributed by atoms with Crippen LogP contribution in [0.2, 0.25) is 0 Å². The summed E-state index contributed by atoms with van der Waals surface area (Å²) in [6.07, 6.45) is 3.62. The number of nitrogens with zero attached hydrogens (tertiary/aromatic N) is 2. The molecule has 0 radical (unpaired) electrons. The molecule has 2 aromatic heterocycles. The number of benzene rings is 2. The monoisotopic (exact) mass is 258 g/mol. The van der Waals surface area contributed by atoms with E-state index in [-0.39, 0.29) is 0 Å². The zero-order chi connectivity index (χ0) is 13.6. The minimum absolute atomic E-state index is 1.06. The van der Waals surface area contributed by atoms with Crippen molar-refractivity contribution in [3.63, 3.8) is 0 Å². The highest BCUT2D eigenvalue weighted by Crippen LogP contribution is 2.08. The Balaban J connectivity index is 0.000000121. The number of pyridine rings is 2. The third kappa shape index (κ3) is 2.81. The second kappa shape index (κ2) is 5.93. The Labute approximate surface area is 117 Å². The summed E-state index contributed by atoms with van der Waals surface area (Å²) >= 11 is 0. The summed E-state index contributed by atoms with van der Waals surface area (Å²) < 4.78 is 0. The minimum atomic E-state index is 1.06. The summed E-state index contributed by atoms with van der Waals surface area (Å²) in [6.45, 7) is 0. The summed E-state index contributed by atoms with van der Waals surface area (Å²) in [7, 11) is 0. The molecule has 2 nitrogen and oxygen atoms in total. The topological polar surface area (TPSA) is 25.8 Å². The van der Waals surface area contributed by atoms with Gasteiger partial charge in [-0.05, 0) is 24.3 Å². The van der Waals surface area contributed by atoms with Crippen LogP contribution in [-0.4, -0.2) is 9.97 Å². The Morgan fingerprint density at radius 2 is 0.850 bits per heavy atom. The van der Waals surface area contributed by atoms with Crippen LogP contribution in [0.25, 0.3) is 21.8 Å². The first-order valence-corrected chi connectivity index (χ1v) is 6.53. The van der Waals surface area contributed by atoms with Crippen LogP contribution in [0.15, 0.2) is 85.2 Å². The number of aromatic nitrogens is 2. The maximum absolute atomic E-state index is 4.18. The van der Waals surface area contributed by atoms with Gasteiger partial charge in [-0.15, -0.1) is 0 Å². The highest BCUT2D eigenvalue weighted by atomic mass is 14.6. The van der Waals surface area contributed by atoms with Crippen molar-refractivity contribution in [3.8, 4) is 0 Å². The molecule has 4 rings (SSSR count). The van der Waals surface area contributed by atoms with E-state index in [4.69, 9.17) is 0 Å². The van der Waals surface area contributed by atoms with Crippen LogP contribution in [0.1, 0.15) is 0 Å². The van der Waals surface area contributed by atoms with Gasteiger partial charge >= 0.3 is 0 Å². The third-order valence-electron chi connectivity index (χ3n) is 3.02. The van der Waals surface area contributed by atoms with E-state index in [0.717, 1.165) is 11.0 Å². The smallest absolute Gasteiger partial charge is 0.0701 e. The minimum Gasteiger partial charge on any atom is -0.256 e. The van der Waals surface area contributed by atoms with Gasteiger partial charge in [-0.3, -0.25) is 9.97 Å². The van der Waals surface area contributed by atoms with Crippen molar-refractivity contribution in [2.24, 2.45) is 0 Å². The van der Waals surface area contributed by atoms with Gasteiger partial charge in [0.15, 0.2) is 0 Å². The summed E-state index contributed by atoms with van der Waals surface area (Å²) in [6, 6.07) is 24.2. The van der Waals surface area contributed by atoms with Gasteiger partial charge in [-0.1, -0.05) is 48.5 Å². The van der Waals surface area contributed by atoms with Crippen molar-refractivity contribution in [1.82, 2.24) is 9.97 Å². The van der Waals surface area contributed by atoms with Crippen molar-refractivity contribution in [2.75, 3.05) is 0 Å². The van der Waals surface area contributed by atoms with E-state index >= 15 is 0 Å². The van der Waals surface area contributed by atoms with E-state index < -0.39 is 0 Å². The fourth-order valence-electron chi connectivity index (χ4n) is 2.03. The Kier molecular flexibility index (Phi) is 3.65. The van der Waals surface area contributed by atoms with E-state index in [1.54, 1.807) is 0 Å². The lowest BCUT2D eigenvalue weighted by Crippen LogP contribution is -1.73. The average molecular weight is 258 g/mol. The standard InChI is InChI=1S/2C9H7N/c2*1-2-6-9-8(4-1)5-3-7-10-9/h2*1-7H. The van der Waals surface area contributed by atoms with Crippen molar-refractivity contribution in [2.45, 2.75) is 0 Å². The molecule has 0 spiro atoms. The fraction of sp³-hybridized carbons (Fsp3) is 0. The SMILES string of the molecule is c1ccc2ncccc2c1.c1ccc2ncccc2c1. The maximum atomic E-state index is 4.18. The molecule has 2 heteroatoms. The zero-order valence-corrected chi connectivity index (χ0v) is 11.0. The van der Waals surface area contributed by atoms with Crippen LogP contribution in [0.3, 0.4) is 0 Å². The zero-order valence-electron chi connectivity index (χ0n) is 11.0. The molecule has 2 heterocycles. The van der Waals surface area contributed by atoms with Gasteiger partial charge in [0, 0.05) is 23.2 Å². The maximum Gasteiger partial charge on any atom is 0.0701 e. The highest BCUT2D eigenvalue weighted by molar-refractivity contribution is 5.78. The predicted molar refractivity (Wildman–Crippen MR) is 83.5 cm³/mol. The molecule has 0 saturated heterocycles. The van der Waals surface area contributed by atoms with Gasteiger partial charge in [0.2, 0.25) is 0 Å². The van der Waals surface area contributed by atoms with Crippen LogP contribution in [0, 0.1) is 0 Å². The third-order valence-corrected chi connectivity index (χ3v) is 3.02. The first kappa shape index (κ1) is 12.3. The average Bonchev–Trinajstić information content (AvgIpc) is 2.56. The van der Waals surface area contributed by atoms with Crippen molar-refractivity contribution >= 4 is 21.8 Å². The number of fused-ring (bicyclic) bond motifs is 2. The van der Waals surface area contributed by atoms with Crippen molar-refractivity contribution in [1.29, 1.82) is 0 Å². The van der Waals surface area contributed by atoms with E-state index in [1.807, 2.05) is 60.9 Å². The molecule has 0 fully saturated rings. The van der Waals surface area contributed by atoms with Gasteiger partial charge in [-0.25, -0.2) is 0 Å². The van der Waals surface area contributed by atoms with Gasteiger partial charge < -0.3 is 0 Å². The van der Waals surface area contributed by atoms with Gasteiger partial charge in [0.1, 0.15) is 0 Å². The predicted octanol–water partition coefficient (Wildman–Crippen LogP) is 4.47. The fourth-order valence-corrected chi connectivity index (χ4v) is 2.03. The van der Waals surface area contributed by atoms with Crippen LogP contribution in [-0.2, 0) is 0 Å². The van der Waals surface area contributed by atoms with E-state index in [0.29, 0.717) is 0 Å².